The van der Waals surface area contributed by atoms with Crippen LogP contribution in [0, 0.1) is 12.7 Å². The monoisotopic (exact) mass is 459 g/mol. The molecule has 0 radical (unpaired) electrons. The normalized spacial score (nSPS) is 19.7. The maximum Gasteiger partial charge on any atom is 0.229 e. The molecule has 6 heterocycles. The fraction of sp³-hybridized carbons (Fsp3) is 0.375. The summed E-state index contributed by atoms with van der Waals surface area (Å²) in [7, 11) is 0. The summed E-state index contributed by atoms with van der Waals surface area (Å²) in [5.41, 5.74) is 3.39. The Labute approximate surface area is 196 Å². The van der Waals surface area contributed by atoms with Gasteiger partial charge in [0.25, 0.3) is 0 Å². The number of halogens is 1. The summed E-state index contributed by atoms with van der Waals surface area (Å²) in [6.07, 6.45) is 4.63. The van der Waals surface area contributed by atoms with E-state index in [1.54, 1.807) is 6.20 Å². The van der Waals surface area contributed by atoms with E-state index in [-0.39, 0.29) is 17.7 Å². The van der Waals surface area contributed by atoms with E-state index in [9.17, 15) is 4.39 Å². The molecule has 2 N–H and O–H groups in total. The van der Waals surface area contributed by atoms with Crippen LogP contribution in [0.2, 0.25) is 0 Å². The van der Waals surface area contributed by atoms with Crippen LogP contribution in [0.15, 0.2) is 36.8 Å². The minimum atomic E-state index is -0.513. The molecule has 2 aliphatic rings. The van der Waals surface area contributed by atoms with Crippen molar-refractivity contribution in [2.24, 2.45) is 0 Å². The van der Waals surface area contributed by atoms with Gasteiger partial charge < -0.3 is 15.2 Å². The van der Waals surface area contributed by atoms with Gasteiger partial charge in [0.2, 0.25) is 5.95 Å². The second-order valence-corrected chi connectivity index (χ2v) is 9.27. The summed E-state index contributed by atoms with van der Waals surface area (Å²) in [5, 5.41) is 6.50. The van der Waals surface area contributed by atoms with E-state index < -0.39 is 5.82 Å². The molecule has 0 aliphatic carbocycles. The number of rotatable bonds is 6. The van der Waals surface area contributed by atoms with Gasteiger partial charge in [-0.3, -0.25) is 4.90 Å². The molecule has 2 aliphatic heterocycles. The summed E-state index contributed by atoms with van der Waals surface area (Å²) < 4.78 is 16.8. The minimum absolute atomic E-state index is 0.180. The van der Waals surface area contributed by atoms with Gasteiger partial charge in [0.15, 0.2) is 11.5 Å². The molecular formula is C24H26FN9. The second kappa shape index (κ2) is 8.07. The molecule has 0 spiro atoms. The lowest BCUT2D eigenvalue weighted by Gasteiger charge is -2.56. The zero-order valence-corrected chi connectivity index (χ0v) is 19.3. The van der Waals surface area contributed by atoms with Crippen LogP contribution in [0.5, 0.6) is 0 Å². The van der Waals surface area contributed by atoms with Crippen LogP contribution < -0.4 is 10.6 Å². The van der Waals surface area contributed by atoms with Gasteiger partial charge in [0.1, 0.15) is 17.3 Å². The van der Waals surface area contributed by atoms with Crippen LogP contribution in [-0.2, 0) is 6.54 Å². The summed E-state index contributed by atoms with van der Waals surface area (Å²) in [5.74, 6) is 1.24. The minimum Gasteiger partial charge on any atom is -0.324 e. The molecule has 1 unspecified atom stereocenters. The highest BCUT2D eigenvalue weighted by molar-refractivity contribution is 5.78. The first-order chi connectivity index (χ1) is 16.5. The molecule has 0 aromatic carbocycles. The van der Waals surface area contributed by atoms with Crippen LogP contribution in [0.4, 0.5) is 16.2 Å². The molecule has 6 rings (SSSR count). The highest BCUT2D eigenvalue weighted by atomic mass is 19.1. The summed E-state index contributed by atoms with van der Waals surface area (Å²) >= 11 is 0. The zero-order valence-electron chi connectivity index (χ0n) is 19.3. The average Bonchev–Trinajstić information content (AvgIpc) is 3.14. The number of nitrogens with one attached hydrogen (secondary N) is 2. The molecule has 34 heavy (non-hydrogen) atoms. The molecule has 2 saturated heterocycles. The standard InChI is InChI=1S/C24H26FN9/c1-13(2)34-14(3)30-23-19(34)6-16(8-28-23)22-17(25)9-29-24(32-22)31-21-5-4-15(7-27-21)11-33-12-18-20(33)10-26-18/h4-9,13,18,20,26H,10-12H2,1-3H3,(H,27,29,31,32)/t18?,20-/m1/s1. The van der Waals surface area contributed by atoms with E-state index >= 15 is 0 Å². The van der Waals surface area contributed by atoms with Crippen molar-refractivity contribution >= 4 is 22.9 Å². The molecule has 4 aromatic rings. The molecule has 2 fully saturated rings. The Morgan fingerprint density at radius 3 is 2.71 bits per heavy atom. The topological polar surface area (TPSA) is 96.7 Å². The number of hydrogen-bond acceptors (Lipinski definition) is 8. The van der Waals surface area contributed by atoms with Gasteiger partial charge in [-0.15, -0.1) is 0 Å². The number of piperazine rings is 1. The van der Waals surface area contributed by atoms with Crippen molar-refractivity contribution in [3.63, 3.8) is 0 Å². The fourth-order valence-corrected chi connectivity index (χ4v) is 4.83. The van der Waals surface area contributed by atoms with Crippen molar-refractivity contribution in [3.05, 3.63) is 54.0 Å². The Bertz CT molecular complexity index is 1370. The number of fused-ring (bicyclic) bond motifs is 2. The molecule has 2 atom stereocenters. The predicted molar refractivity (Wildman–Crippen MR) is 127 cm³/mol. The number of hydrogen-bond donors (Lipinski definition) is 2. The van der Waals surface area contributed by atoms with Gasteiger partial charge >= 0.3 is 0 Å². The summed E-state index contributed by atoms with van der Waals surface area (Å²) in [6, 6.07) is 7.37. The lowest BCUT2D eigenvalue weighted by Crippen LogP contribution is -2.77. The summed E-state index contributed by atoms with van der Waals surface area (Å²) in [4.78, 5) is 24.4. The number of aromatic nitrogens is 6. The smallest absolute Gasteiger partial charge is 0.229 e. The van der Waals surface area contributed by atoms with Crippen LogP contribution in [0.25, 0.3) is 22.4 Å². The fourth-order valence-electron chi connectivity index (χ4n) is 4.83. The molecule has 9 nitrogen and oxygen atoms in total. The molecular weight excluding hydrogens is 433 g/mol. The van der Waals surface area contributed by atoms with E-state index in [1.807, 2.05) is 31.3 Å². The quantitative estimate of drug-likeness (QED) is 0.454. The van der Waals surface area contributed by atoms with Gasteiger partial charge in [-0.25, -0.2) is 29.3 Å². The van der Waals surface area contributed by atoms with Crippen molar-refractivity contribution < 1.29 is 4.39 Å². The zero-order chi connectivity index (χ0) is 23.4. The highest BCUT2D eigenvalue weighted by Gasteiger charge is 2.44. The van der Waals surface area contributed by atoms with Crippen LogP contribution >= 0.6 is 0 Å². The Kier molecular flexibility index (Phi) is 5.00. The lowest BCUT2D eigenvalue weighted by molar-refractivity contribution is -0.0236. The number of imidazole rings is 1. The third-order valence-corrected chi connectivity index (χ3v) is 6.66. The van der Waals surface area contributed by atoms with Crippen LogP contribution in [0.3, 0.4) is 0 Å². The molecule has 174 valence electrons. The van der Waals surface area contributed by atoms with E-state index in [0.717, 1.165) is 36.5 Å². The van der Waals surface area contributed by atoms with Gasteiger partial charge in [0.05, 0.1) is 11.7 Å². The van der Waals surface area contributed by atoms with Gasteiger partial charge in [-0.2, -0.15) is 0 Å². The molecule has 0 saturated carbocycles. The number of anilines is 2. The molecule has 10 heteroatoms. The second-order valence-electron chi connectivity index (χ2n) is 9.27. The first kappa shape index (κ1) is 21.1. The highest BCUT2D eigenvalue weighted by Crippen LogP contribution is 2.28. The van der Waals surface area contributed by atoms with E-state index in [1.165, 1.54) is 6.20 Å². The van der Waals surface area contributed by atoms with E-state index in [2.05, 4.69) is 58.9 Å². The Morgan fingerprint density at radius 1 is 1.15 bits per heavy atom. The van der Waals surface area contributed by atoms with Crippen molar-refractivity contribution in [1.29, 1.82) is 0 Å². The number of likely N-dealkylation sites (tertiary alicyclic amines) is 1. The van der Waals surface area contributed by atoms with E-state index in [0.29, 0.717) is 29.1 Å². The maximum absolute atomic E-state index is 14.7. The SMILES string of the molecule is Cc1nc2ncc(-c3nc(Nc4ccc(CN5CC6NC[C@H]65)cn4)ncc3F)cc2n1C(C)C. The van der Waals surface area contributed by atoms with Crippen LogP contribution in [0.1, 0.15) is 31.3 Å². The Balaban J connectivity index is 1.23. The number of aryl methyl sites for hydroxylation is 1. The number of nitrogens with zero attached hydrogens (tertiary/aromatic N) is 7. The summed E-state index contributed by atoms with van der Waals surface area (Å²) in [6.45, 7) is 9.17. The maximum atomic E-state index is 14.7. The number of pyridine rings is 2. The Hall–Kier alpha value is -3.50. The van der Waals surface area contributed by atoms with Crippen molar-refractivity contribution in [2.45, 2.75) is 45.4 Å². The van der Waals surface area contributed by atoms with Crippen molar-refractivity contribution in [1.82, 2.24) is 39.7 Å². The first-order valence-electron chi connectivity index (χ1n) is 11.5. The average molecular weight is 460 g/mol. The van der Waals surface area contributed by atoms with Gasteiger partial charge in [0, 0.05) is 55.7 Å². The molecule has 0 amide bonds. The molecule has 0 bridgehead atoms. The lowest BCUT2D eigenvalue weighted by atomic mass is 9.88. The first-order valence-corrected chi connectivity index (χ1v) is 11.5. The molecule has 4 aromatic heterocycles. The largest absolute Gasteiger partial charge is 0.324 e. The third kappa shape index (κ3) is 3.59. The van der Waals surface area contributed by atoms with Crippen molar-refractivity contribution in [2.75, 3.05) is 18.4 Å². The van der Waals surface area contributed by atoms with Crippen molar-refractivity contribution in [3.8, 4) is 11.3 Å². The van der Waals surface area contributed by atoms with Gasteiger partial charge in [-0.1, -0.05) is 6.07 Å². The van der Waals surface area contributed by atoms with E-state index in [4.69, 9.17) is 0 Å². The van der Waals surface area contributed by atoms with Crippen LogP contribution in [-0.4, -0.2) is 59.6 Å². The third-order valence-electron chi connectivity index (χ3n) is 6.66. The van der Waals surface area contributed by atoms with Gasteiger partial charge in [-0.05, 0) is 38.5 Å². The Morgan fingerprint density at radius 2 is 2.03 bits per heavy atom. The predicted octanol–water partition coefficient (Wildman–Crippen LogP) is 3.21.